The molecule has 0 radical (unpaired) electrons. The standard InChI is InChI=1S/C11H17N3O/c1-3-4-7-14-8(2)5-6-9(10(12)13)11(14)15/h5-6H,3-4,7H2,1-2H3,(H3,12,13). The van der Waals surface area contributed by atoms with Crippen molar-refractivity contribution in [3.63, 3.8) is 0 Å². The van der Waals surface area contributed by atoms with E-state index in [1.807, 2.05) is 13.0 Å². The van der Waals surface area contributed by atoms with Crippen molar-refractivity contribution in [3.8, 4) is 0 Å². The summed E-state index contributed by atoms with van der Waals surface area (Å²) in [7, 11) is 0. The van der Waals surface area contributed by atoms with Gasteiger partial charge < -0.3 is 10.3 Å². The van der Waals surface area contributed by atoms with Crippen molar-refractivity contribution in [1.29, 1.82) is 5.41 Å². The van der Waals surface area contributed by atoms with Gasteiger partial charge in [-0.05, 0) is 25.5 Å². The first-order chi connectivity index (χ1) is 7.07. The fraction of sp³-hybridized carbons (Fsp3) is 0.455. The molecular weight excluding hydrogens is 190 g/mol. The van der Waals surface area contributed by atoms with Crippen molar-refractivity contribution in [2.75, 3.05) is 0 Å². The van der Waals surface area contributed by atoms with Crippen molar-refractivity contribution in [2.45, 2.75) is 33.2 Å². The van der Waals surface area contributed by atoms with Crippen LogP contribution in [0, 0.1) is 12.3 Å². The number of pyridine rings is 1. The molecule has 15 heavy (non-hydrogen) atoms. The second kappa shape index (κ2) is 4.77. The number of amidine groups is 1. The zero-order chi connectivity index (χ0) is 11.4. The van der Waals surface area contributed by atoms with Gasteiger partial charge in [-0.1, -0.05) is 13.3 Å². The number of aryl methyl sites for hydroxylation is 1. The molecule has 82 valence electrons. The molecule has 0 aromatic carbocycles. The molecular formula is C11H17N3O. The number of nitrogens with two attached hydrogens (primary N) is 1. The maximum Gasteiger partial charge on any atom is 0.261 e. The third-order valence-electron chi connectivity index (χ3n) is 2.42. The summed E-state index contributed by atoms with van der Waals surface area (Å²) in [5.41, 5.74) is 6.38. The molecule has 1 aromatic rings. The van der Waals surface area contributed by atoms with Gasteiger partial charge in [-0.2, -0.15) is 0 Å². The number of aromatic nitrogens is 1. The molecule has 0 bridgehead atoms. The highest BCUT2D eigenvalue weighted by Crippen LogP contribution is 2.00. The molecule has 0 spiro atoms. The molecule has 3 N–H and O–H groups in total. The molecule has 0 fully saturated rings. The topological polar surface area (TPSA) is 71.9 Å². The number of rotatable bonds is 4. The molecule has 1 aromatic heterocycles. The average molecular weight is 207 g/mol. The Balaban J connectivity index is 3.18. The summed E-state index contributed by atoms with van der Waals surface area (Å²) in [4.78, 5) is 11.9. The van der Waals surface area contributed by atoms with E-state index >= 15 is 0 Å². The minimum absolute atomic E-state index is 0.157. The van der Waals surface area contributed by atoms with E-state index in [1.165, 1.54) is 0 Å². The fourth-order valence-electron chi connectivity index (χ4n) is 1.47. The van der Waals surface area contributed by atoms with Crippen LogP contribution in [-0.4, -0.2) is 10.4 Å². The van der Waals surface area contributed by atoms with Gasteiger partial charge in [0, 0.05) is 12.2 Å². The van der Waals surface area contributed by atoms with E-state index in [-0.39, 0.29) is 17.0 Å². The van der Waals surface area contributed by atoms with Crippen LogP contribution >= 0.6 is 0 Å². The molecule has 0 saturated heterocycles. The Labute approximate surface area is 89.2 Å². The minimum atomic E-state index is -0.162. The van der Waals surface area contributed by atoms with Gasteiger partial charge in [0.1, 0.15) is 5.84 Å². The van der Waals surface area contributed by atoms with E-state index in [0.29, 0.717) is 6.54 Å². The highest BCUT2D eigenvalue weighted by atomic mass is 16.1. The maximum absolute atomic E-state index is 11.9. The highest BCUT2D eigenvalue weighted by molar-refractivity contribution is 5.94. The maximum atomic E-state index is 11.9. The van der Waals surface area contributed by atoms with Crippen LogP contribution in [0.3, 0.4) is 0 Å². The van der Waals surface area contributed by atoms with Gasteiger partial charge in [0.15, 0.2) is 0 Å². The van der Waals surface area contributed by atoms with Gasteiger partial charge in [-0.15, -0.1) is 0 Å². The number of nitrogens with one attached hydrogen (secondary N) is 1. The Hall–Kier alpha value is -1.58. The monoisotopic (exact) mass is 207 g/mol. The van der Waals surface area contributed by atoms with Crippen LogP contribution in [0.15, 0.2) is 16.9 Å². The van der Waals surface area contributed by atoms with Crippen LogP contribution < -0.4 is 11.3 Å². The molecule has 1 rings (SSSR count). The van der Waals surface area contributed by atoms with Gasteiger partial charge >= 0.3 is 0 Å². The minimum Gasteiger partial charge on any atom is -0.384 e. The molecule has 0 amide bonds. The zero-order valence-corrected chi connectivity index (χ0v) is 9.21. The number of hydrogen-bond donors (Lipinski definition) is 2. The van der Waals surface area contributed by atoms with Gasteiger partial charge in [-0.25, -0.2) is 0 Å². The van der Waals surface area contributed by atoms with Crippen LogP contribution in [0.25, 0.3) is 0 Å². The zero-order valence-electron chi connectivity index (χ0n) is 9.21. The molecule has 4 heteroatoms. The first-order valence-corrected chi connectivity index (χ1v) is 5.12. The lowest BCUT2D eigenvalue weighted by atomic mass is 10.2. The summed E-state index contributed by atoms with van der Waals surface area (Å²) >= 11 is 0. The average Bonchev–Trinajstić information content (AvgIpc) is 2.17. The van der Waals surface area contributed by atoms with Crippen LogP contribution in [-0.2, 0) is 6.54 Å². The lowest BCUT2D eigenvalue weighted by Crippen LogP contribution is -2.30. The highest BCUT2D eigenvalue weighted by Gasteiger charge is 2.07. The third-order valence-corrected chi connectivity index (χ3v) is 2.42. The number of unbranched alkanes of at least 4 members (excludes halogenated alkanes) is 1. The fourth-order valence-corrected chi connectivity index (χ4v) is 1.47. The van der Waals surface area contributed by atoms with E-state index in [4.69, 9.17) is 11.1 Å². The van der Waals surface area contributed by atoms with Crippen molar-refractivity contribution in [3.05, 3.63) is 33.7 Å². The lowest BCUT2D eigenvalue weighted by molar-refractivity contribution is 0.598. The van der Waals surface area contributed by atoms with Crippen molar-refractivity contribution < 1.29 is 0 Å². The SMILES string of the molecule is CCCCn1c(C)ccc(C(=N)N)c1=O. The van der Waals surface area contributed by atoms with E-state index in [1.54, 1.807) is 10.6 Å². The molecule has 0 aliphatic rings. The first-order valence-electron chi connectivity index (χ1n) is 5.12. The number of hydrogen-bond acceptors (Lipinski definition) is 2. The van der Waals surface area contributed by atoms with E-state index in [9.17, 15) is 4.79 Å². The second-order valence-electron chi connectivity index (χ2n) is 3.61. The van der Waals surface area contributed by atoms with E-state index < -0.39 is 0 Å². The quantitative estimate of drug-likeness (QED) is 0.576. The molecule has 4 nitrogen and oxygen atoms in total. The predicted molar refractivity (Wildman–Crippen MR) is 61.4 cm³/mol. The summed E-state index contributed by atoms with van der Waals surface area (Å²) in [6.45, 7) is 4.67. The van der Waals surface area contributed by atoms with Crippen LogP contribution in [0.5, 0.6) is 0 Å². The Morgan fingerprint density at radius 2 is 2.20 bits per heavy atom. The molecule has 0 aliphatic heterocycles. The number of nitrogen functional groups attached to an aromatic ring is 1. The largest absolute Gasteiger partial charge is 0.384 e. The van der Waals surface area contributed by atoms with Crippen LogP contribution in [0.4, 0.5) is 0 Å². The Morgan fingerprint density at radius 3 is 2.73 bits per heavy atom. The summed E-state index contributed by atoms with van der Waals surface area (Å²) < 4.78 is 1.68. The summed E-state index contributed by atoms with van der Waals surface area (Å²) in [6, 6.07) is 3.44. The van der Waals surface area contributed by atoms with Gasteiger partial charge in [0.25, 0.3) is 5.56 Å². The Kier molecular flexibility index (Phi) is 3.66. The molecule has 0 unspecified atom stereocenters. The van der Waals surface area contributed by atoms with E-state index in [2.05, 4.69) is 6.92 Å². The van der Waals surface area contributed by atoms with Crippen LogP contribution in [0.1, 0.15) is 31.0 Å². The lowest BCUT2D eigenvalue weighted by Gasteiger charge is -2.10. The van der Waals surface area contributed by atoms with E-state index in [0.717, 1.165) is 18.5 Å². The summed E-state index contributed by atoms with van der Waals surface area (Å²) in [5.74, 6) is -0.162. The van der Waals surface area contributed by atoms with Crippen molar-refractivity contribution in [1.82, 2.24) is 4.57 Å². The van der Waals surface area contributed by atoms with Crippen molar-refractivity contribution in [2.24, 2.45) is 5.73 Å². The molecule has 1 heterocycles. The Morgan fingerprint density at radius 1 is 1.53 bits per heavy atom. The summed E-state index contributed by atoms with van der Waals surface area (Å²) in [6.07, 6.45) is 2.00. The van der Waals surface area contributed by atoms with Crippen molar-refractivity contribution >= 4 is 5.84 Å². The predicted octanol–water partition coefficient (Wildman–Crippen LogP) is 1.24. The first kappa shape index (κ1) is 11.5. The van der Waals surface area contributed by atoms with Crippen LogP contribution in [0.2, 0.25) is 0 Å². The second-order valence-corrected chi connectivity index (χ2v) is 3.61. The molecule has 0 atom stereocenters. The van der Waals surface area contributed by atoms with Gasteiger partial charge in [-0.3, -0.25) is 10.2 Å². The molecule has 0 aliphatic carbocycles. The Bertz CT molecular complexity index is 420. The summed E-state index contributed by atoms with van der Waals surface area (Å²) in [5, 5.41) is 7.28. The third kappa shape index (κ3) is 2.46. The number of nitrogens with zero attached hydrogens (tertiary/aromatic N) is 1. The molecule has 0 saturated carbocycles. The van der Waals surface area contributed by atoms with Gasteiger partial charge in [0.2, 0.25) is 0 Å². The smallest absolute Gasteiger partial charge is 0.261 e. The van der Waals surface area contributed by atoms with Gasteiger partial charge in [0.05, 0.1) is 5.56 Å². The normalized spacial score (nSPS) is 10.3.